The molecule has 0 radical (unpaired) electrons. The van der Waals surface area contributed by atoms with E-state index in [1.54, 1.807) is 0 Å². The highest BCUT2D eigenvalue weighted by molar-refractivity contribution is 5.86. The molecule has 1 aromatic carbocycles. The van der Waals surface area contributed by atoms with E-state index in [4.69, 9.17) is 5.73 Å². The summed E-state index contributed by atoms with van der Waals surface area (Å²) in [5.74, 6) is 0. The number of H-pyrrole nitrogens is 1. The lowest BCUT2D eigenvalue weighted by molar-refractivity contribution is 0.925. The van der Waals surface area contributed by atoms with Crippen molar-refractivity contribution >= 4 is 10.9 Å². The first-order valence-corrected chi connectivity index (χ1v) is 5.64. The average Bonchev–Trinajstić information content (AvgIpc) is 2.64. The van der Waals surface area contributed by atoms with Crippen LogP contribution in [0.1, 0.15) is 24.5 Å². The molecule has 0 atom stereocenters. The second-order valence-corrected chi connectivity index (χ2v) is 3.94. The molecule has 1 aromatic heterocycles. The first-order chi connectivity index (χ1) is 7.36. The topological polar surface area (TPSA) is 41.8 Å². The van der Waals surface area contributed by atoms with E-state index in [0.29, 0.717) is 6.54 Å². The third-order valence-electron chi connectivity index (χ3n) is 2.81. The maximum atomic E-state index is 5.62. The van der Waals surface area contributed by atoms with Crippen molar-refractivity contribution in [1.29, 1.82) is 0 Å². The van der Waals surface area contributed by atoms with Gasteiger partial charge >= 0.3 is 0 Å². The number of hydrogen-bond donors (Lipinski definition) is 2. The highest BCUT2D eigenvalue weighted by Crippen LogP contribution is 2.23. The number of fused-ring (bicyclic) bond motifs is 1. The maximum absolute atomic E-state index is 5.62. The molecule has 80 valence electrons. The van der Waals surface area contributed by atoms with E-state index < -0.39 is 0 Å². The Morgan fingerprint density at radius 3 is 2.80 bits per heavy atom. The Balaban J connectivity index is 2.53. The van der Waals surface area contributed by atoms with Crippen LogP contribution in [0.2, 0.25) is 0 Å². The van der Waals surface area contributed by atoms with Gasteiger partial charge in [-0.15, -0.1) is 0 Å². The van der Waals surface area contributed by atoms with Crippen molar-refractivity contribution in [3.8, 4) is 0 Å². The predicted octanol–water partition coefficient (Wildman–Crippen LogP) is 2.62. The van der Waals surface area contributed by atoms with Crippen LogP contribution < -0.4 is 5.73 Å². The zero-order valence-electron chi connectivity index (χ0n) is 9.22. The Morgan fingerprint density at radius 1 is 1.20 bits per heavy atom. The molecule has 0 unspecified atom stereocenters. The molecule has 0 aliphatic carbocycles. The maximum Gasteiger partial charge on any atom is 0.0459 e. The van der Waals surface area contributed by atoms with Gasteiger partial charge < -0.3 is 10.7 Å². The number of nitrogens with two attached hydrogens (primary N) is 1. The third-order valence-corrected chi connectivity index (χ3v) is 2.81. The molecule has 3 N–H and O–H groups in total. The van der Waals surface area contributed by atoms with Gasteiger partial charge in [-0.2, -0.15) is 0 Å². The molecule has 0 fully saturated rings. The SMILES string of the molecule is CCCc1cccc2[nH]cc(CCN)c12. The quantitative estimate of drug-likeness (QED) is 0.786. The number of hydrogen-bond acceptors (Lipinski definition) is 1. The Hall–Kier alpha value is -1.28. The number of aromatic nitrogens is 1. The van der Waals surface area contributed by atoms with Crippen LogP contribution in [0.4, 0.5) is 0 Å². The van der Waals surface area contributed by atoms with Gasteiger partial charge in [-0.1, -0.05) is 25.5 Å². The number of aryl methyl sites for hydroxylation is 1. The van der Waals surface area contributed by atoms with Crippen LogP contribution in [-0.2, 0) is 12.8 Å². The number of aromatic amines is 1. The van der Waals surface area contributed by atoms with Crippen molar-refractivity contribution in [1.82, 2.24) is 4.98 Å². The van der Waals surface area contributed by atoms with E-state index in [9.17, 15) is 0 Å². The molecule has 0 bridgehead atoms. The molecular weight excluding hydrogens is 184 g/mol. The summed E-state index contributed by atoms with van der Waals surface area (Å²) in [6, 6.07) is 6.48. The average molecular weight is 202 g/mol. The second kappa shape index (κ2) is 4.49. The van der Waals surface area contributed by atoms with Gasteiger partial charge in [0.05, 0.1) is 0 Å². The molecular formula is C13H18N2. The first-order valence-electron chi connectivity index (χ1n) is 5.64. The smallest absolute Gasteiger partial charge is 0.0459 e. The van der Waals surface area contributed by atoms with Gasteiger partial charge in [0.2, 0.25) is 0 Å². The molecule has 2 aromatic rings. The normalized spacial score (nSPS) is 11.1. The standard InChI is InChI=1S/C13H18N2/c1-2-4-10-5-3-6-12-13(10)11(7-8-14)9-15-12/h3,5-6,9,15H,2,4,7-8,14H2,1H3. The van der Waals surface area contributed by atoms with Gasteiger partial charge in [-0.3, -0.25) is 0 Å². The fourth-order valence-corrected chi connectivity index (χ4v) is 2.17. The van der Waals surface area contributed by atoms with Crippen molar-refractivity contribution in [2.24, 2.45) is 5.73 Å². The van der Waals surface area contributed by atoms with Crippen molar-refractivity contribution in [3.05, 3.63) is 35.5 Å². The number of benzene rings is 1. The van der Waals surface area contributed by atoms with Crippen LogP contribution in [-0.4, -0.2) is 11.5 Å². The predicted molar refractivity (Wildman–Crippen MR) is 65.1 cm³/mol. The van der Waals surface area contributed by atoms with E-state index in [-0.39, 0.29) is 0 Å². The van der Waals surface area contributed by atoms with E-state index in [1.165, 1.54) is 28.5 Å². The van der Waals surface area contributed by atoms with Gasteiger partial charge in [-0.25, -0.2) is 0 Å². The van der Waals surface area contributed by atoms with Crippen LogP contribution in [0, 0.1) is 0 Å². The van der Waals surface area contributed by atoms with Gasteiger partial charge in [0.1, 0.15) is 0 Å². The van der Waals surface area contributed by atoms with E-state index in [2.05, 4.69) is 36.3 Å². The Bertz CT molecular complexity index is 443. The fraction of sp³-hybridized carbons (Fsp3) is 0.385. The van der Waals surface area contributed by atoms with Gasteiger partial charge in [0.25, 0.3) is 0 Å². The molecule has 0 saturated carbocycles. The van der Waals surface area contributed by atoms with Crippen LogP contribution >= 0.6 is 0 Å². The van der Waals surface area contributed by atoms with Crippen LogP contribution in [0.15, 0.2) is 24.4 Å². The van der Waals surface area contributed by atoms with Crippen molar-refractivity contribution in [2.45, 2.75) is 26.2 Å². The van der Waals surface area contributed by atoms with Gasteiger partial charge in [-0.05, 0) is 36.6 Å². The molecule has 15 heavy (non-hydrogen) atoms. The molecule has 0 spiro atoms. The summed E-state index contributed by atoms with van der Waals surface area (Å²) in [6.07, 6.45) is 5.39. The van der Waals surface area contributed by atoms with E-state index in [0.717, 1.165) is 12.8 Å². The van der Waals surface area contributed by atoms with E-state index in [1.807, 2.05) is 0 Å². The molecule has 0 aliphatic rings. The van der Waals surface area contributed by atoms with Gasteiger partial charge in [0, 0.05) is 17.1 Å². The minimum atomic E-state index is 0.716. The molecule has 0 amide bonds. The third kappa shape index (κ3) is 1.90. The van der Waals surface area contributed by atoms with Crippen molar-refractivity contribution in [2.75, 3.05) is 6.54 Å². The summed E-state index contributed by atoms with van der Waals surface area (Å²) in [7, 11) is 0. The van der Waals surface area contributed by atoms with Crippen LogP contribution in [0.25, 0.3) is 10.9 Å². The molecule has 0 saturated heterocycles. The monoisotopic (exact) mass is 202 g/mol. The Labute approximate surface area is 90.5 Å². The minimum Gasteiger partial charge on any atom is -0.361 e. The lowest BCUT2D eigenvalue weighted by Gasteiger charge is -2.04. The lowest BCUT2D eigenvalue weighted by Crippen LogP contribution is -2.02. The van der Waals surface area contributed by atoms with Crippen molar-refractivity contribution < 1.29 is 0 Å². The molecule has 2 heteroatoms. The van der Waals surface area contributed by atoms with Crippen LogP contribution in [0.3, 0.4) is 0 Å². The van der Waals surface area contributed by atoms with Crippen molar-refractivity contribution in [3.63, 3.8) is 0 Å². The summed E-state index contributed by atoms with van der Waals surface area (Å²) >= 11 is 0. The van der Waals surface area contributed by atoms with Crippen LogP contribution in [0.5, 0.6) is 0 Å². The second-order valence-electron chi connectivity index (χ2n) is 3.94. The summed E-state index contributed by atoms with van der Waals surface area (Å²) in [6.45, 7) is 2.93. The Kier molecular flexibility index (Phi) is 3.07. The minimum absolute atomic E-state index is 0.716. The number of rotatable bonds is 4. The largest absolute Gasteiger partial charge is 0.361 e. The first kappa shape index (κ1) is 10.2. The lowest BCUT2D eigenvalue weighted by atomic mass is 10.0. The number of nitrogens with one attached hydrogen (secondary N) is 1. The zero-order valence-corrected chi connectivity index (χ0v) is 9.22. The highest BCUT2D eigenvalue weighted by atomic mass is 14.7. The molecule has 0 aliphatic heterocycles. The summed E-state index contributed by atoms with van der Waals surface area (Å²) in [4.78, 5) is 3.32. The molecule has 2 rings (SSSR count). The summed E-state index contributed by atoms with van der Waals surface area (Å²) in [5, 5.41) is 1.39. The molecule has 2 nitrogen and oxygen atoms in total. The zero-order chi connectivity index (χ0) is 10.7. The highest BCUT2D eigenvalue weighted by Gasteiger charge is 2.06. The van der Waals surface area contributed by atoms with E-state index >= 15 is 0 Å². The fourth-order valence-electron chi connectivity index (χ4n) is 2.17. The van der Waals surface area contributed by atoms with Gasteiger partial charge in [0.15, 0.2) is 0 Å². The summed E-state index contributed by atoms with van der Waals surface area (Å²) in [5.41, 5.74) is 9.66. The molecule has 1 heterocycles. The summed E-state index contributed by atoms with van der Waals surface area (Å²) < 4.78 is 0. The Morgan fingerprint density at radius 2 is 2.07 bits per heavy atom.